The van der Waals surface area contributed by atoms with Gasteiger partial charge in [0, 0.05) is 17.9 Å². The molecule has 0 spiro atoms. The van der Waals surface area contributed by atoms with Crippen molar-refractivity contribution in [1.82, 2.24) is 0 Å². The van der Waals surface area contributed by atoms with E-state index in [1.807, 2.05) is 12.1 Å². The van der Waals surface area contributed by atoms with Crippen molar-refractivity contribution in [1.29, 1.82) is 0 Å². The van der Waals surface area contributed by atoms with Crippen LogP contribution in [0.1, 0.15) is 33.3 Å². The van der Waals surface area contributed by atoms with Gasteiger partial charge in [0.15, 0.2) is 0 Å². The van der Waals surface area contributed by atoms with E-state index in [2.05, 4.69) is 46.0 Å². The van der Waals surface area contributed by atoms with Gasteiger partial charge in [0.1, 0.15) is 0 Å². The van der Waals surface area contributed by atoms with Gasteiger partial charge < -0.3 is 11.1 Å². The monoisotopic (exact) mass is 220 g/mol. The molecule has 0 radical (unpaired) electrons. The lowest BCUT2D eigenvalue weighted by atomic mass is 9.82. The van der Waals surface area contributed by atoms with E-state index in [4.69, 9.17) is 5.73 Å². The first-order chi connectivity index (χ1) is 7.29. The predicted octanol–water partition coefficient (Wildman–Crippen LogP) is 3.67. The zero-order chi connectivity index (χ0) is 12.3. The number of hydrogen-bond donors (Lipinski definition) is 2. The predicted molar refractivity (Wildman–Crippen MR) is 72.7 cm³/mol. The van der Waals surface area contributed by atoms with E-state index in [0.717, 1.165) is 17.9 Å². The van der Waals surface area contributed by atoms with Crippen molar-refractivity contribution in [2.75, 3.05) is 17.6 Å². The molecule has 0 saturated heterocycles. The number of rotatable bonds is 3. The molecule has 0 amide bonds. The topological polar surface area (TPSA) is 38.0 Å². The highest BCUT2D eigenvalue weighted by Gasteiger charge is 2.19. The minimum atomic E-state index is 0.336. The van der Waals surface area contributed by atoms with Crippen molar-refractivity contribution >= 4 is 11.4 Å². The molecule has 3 N–H and O–H groups in total. The van der Waals surface area contributed by atoms with Gasteiger partial charge >= 0.3 is 0 Å². The van der Waals surface area contributed by atoms with Crippen LogP contribution in [-0.2, 0) is 0 Å². The van der Waals surface area contributed by atoms with Crippen LogP contribution in [0.15, 0.2) is 18.2 Å². The summed E-state index contributed by atoms with van der Waals surface area (Å²) >= 11 is 0. The zero-order valence-electron chi connectivity index (χ0n) is 11.1. The zero-order valence-corrected chi connectivity index (χ0v) is 11.1. The Balaban J connectivity index is 2.61. The summed E-state index contributed by atoms with van der Waals surface area (Å²) in [6.07, 6.45) is 0. The first-order valence-corrected chi connectivity index (χ1v) is 5.90. The molecule has 2 heteroatoms. The Bertz CT molecular complexity index is 330. The van der Waals surface area contributed by atoms with E-state index in [1.54, 1.807) is 0 Å². The smallest absolute Gasteiger partial charge is 0.0363 e. The van der Waals surface area contributed by atoms with Gasteiger partial charge in [-0.05, 0) is 42.0 Å². The minimum absolute atomic E-state index is 0.336. The second kappa shape index (κ2) is 4.77. The Labute approximate surface area is 99.2 Å². The third-order valence-corrected chi connectivity index (χ3v) is 3.19. The second-order valence-corrected chi connectivity index (χ2v) is 5.78. The van der Waals surface area contributed by atoms with Crippen LogP contribution in [0.5, 0.6) is 0 Å². The SMILES string of the molecule is Cc1cc(N)cc(NCC(C)C(C)(C)C)c1. The number of aryl methyl sites for hydroxylation is 1. The maximum atomic E-state index is 5.81. The number of hydrogen-bond acceptors (Lipinski definition) is 2. The molecule has 1 atom stereocenters. The normalized spacial score (nSPS) is 13.6. The molecule has 1 rings (SSSR count). The highest BCUT2D eigenvalue weighted by Crippen LogP contribution is 2.26. The second-order valence-electron chi connectivity index (χ2n) is 5.78. The maximum absolute atomic E-state index is 5.81. The first kappa shape index (κ1) is 12.9. The molecule has 0 aliphatic rings. The van der Waals surface area contributed by atoms with Gasteiger partial charge in [-0.3, -0.25) is 0 Å². The van der Waals surface area contributed by atoms with Gasteiger partial charge in [0.2, 0.25) is 0 Å². The molecule has 2 nitrogen and oxygen atoms in total. The summed E-state index contributed by atoms with van der Waals surface area (Å²) in [7, 11) is 0. The summed E-state index contributed by atoms with van der Waals surface area (Å²) in [5.74, 6) is 0.620. The average Bonchev–Trinajstić information content (AvgIpc) is 2.11. The van der Waals surface area contributed by atoms with Crippen LogP contribution in [0.25, 0.3) is 0 Å². The summed E-state index contributed by atoms with van der Waals surface area (Å²) in [6.45, 7) is 12.1. The van der Waals surface area contributed by atoms with Gasteiger partial charge in [0.05, 0.1) is 0 Å². The number of benzene rings is 1. The van der Waals surface area contributed by atoms with Crippen LogP contribution in [0.3, 0.4) is 0 Å². The number of anilines is 2. The highest BCUT2D eigenvalue weighted by molar-refractivity contribution is 5.56. The van der Waals surface area contributed by atoms with Crippen LogP contribution in [0.2, 0.25) is 0 Å². The summed E-state index contributed by atoms with van der Waals surface area (Å²) in [6, 6.07) is 6.10. The molecule has 0 bridgehead atoms. The Morgan fingerprint density at radius 3 is 2.38 bits per heavy atom. The molecule has 90 valence electrons. The van der Waals surface area contributed by atoms with Crippen LogP contribution in [0, 0.1) is 18.3 Å². The van der Waals surface area contributed by atoms with E-state index in [-0.39, 0.29) is 0 Å². The first-order valence-electron chi connectivity index (χ1n) is 5.90. The summed E-state index contributed by atoms with van der Waals surface area (Å²) in [5, 5.41) is 3.45. The fraction of sp³-hybridized carbons (Fsp3) is 0.571. The average molecular weight is 220 g/mol. The molecule has 0 aliphatic heterocycles. The van der Waals surface area contributed by atoms with Gasteiger partial charge in [-0.25, -0.2) is 0 Å². The van der Waals surface area contributed by atoms with Crippen LogP contribution in [-0.4, -0.2) is 6.54 Å². The minimum Gasteiger partial charge on any atom is -0.399 e. The molecule has 0 saturated carbocycles. The van der Waals surface area contributed by atoms with Gasteiger partial charge in [-0.2, -0.15) is 0 Å². The summed E-state index contributed by atoms with van der Waals surface area (Å²) in [4.78, 5) is 0. The van der Waals surface area contributed by atoms with Crippen molar-refractivity contribution in [3.8, 4) is 0 Å². The fourth-order valence-electron chi connectivity index (χ4n) is 1.49. The van der Waals surface area contributed by atoms with Crippen molar-refractivity contribution in [3.05, 3.63) is 23.8 Å². The lowest BCUT2D eigenvalue weighted by Gasteiger charge is -2.27. The summed E-state index contributed by atoms with van der Waals surface area (Å²) < 4.78 is 0. The third-order valence-electron chi connectivity index (χ3n) is 3.19. The lowest BCUT2D eigenvalue weighted by molar-refractivity contribution is 0.274. The number of nitrogen functional groups attached to an aromatic ring is 1. The molecule has 1 aromatic carbocycles. The van der Waals surface area contributed by atoms with Gasteiger partial charge in [0.25, 0.3) is 0 Å². The lowest BCUT2D eigenvalue weighted by Crippen LogP contribution is -2.24. The molecule has 1 aromatic rings. The Hall–Kier alpha value is -1.18. The van der Waals surface area contributed by atoms with Crippen LogP contribution < -0.4 is 11.1 Å². The molecule has 0 aromatic heterocycles. The molecule has 16 heavy (non-hydrogen) atoms. The molecular formula is C14H24N2. The molecule has 0 aliphatic carbocycles. The van der Waals surface area contributed by atoms with Crippen LogP contribution in [0.4, 0.5) is 11.4 Å². The molecular weight excluding hydrogens is 196 g/mol. The standard InChI is InChI=1S/C14H24N2/c1-10-6-12(15)8-13(7-10)16-9-11(2)14(3,4)5/h6-8,11,16H,9,15H2,1-5H3. The summed E-state index contributed by atoms with van der Waals surface area (Å²) in [5.41, 5.74) is 9.29. The van der Waals surface area contributed by atoms with E-state index in [1.165, 1.54) is 5.56 Å². The number of nitrogens with two attached hydrogens (primary N) is 1. The largest absolute Gasteiger partial charge is 0.399 e. The van der Waals surface area contributed by atoms with Crippen molar-refractivity contribution < 1.29 is 0 Å². The third kappa shape index (κ3) is 3.76. The van der Waals surface area contributed by atoms with Crippen molar-refractivity contribution in [2.24, 2.45) is 11.3 Å². The molecule has 1 unspecified atom stereocenters. The van der Waals surface area contributed by atoms with E-state index in [9.17, 15) is 0 Å². The Kier molecular flexibility index (Phi) is 3.84. The van der Waals surface area contributed by atoms with Gasteiger partial charge in [-0.15, -0.1) is 0 Å². The van der Waals surface area contributed by atoms with E-state index < -0.39 is 0 Å². The fourth-order valence-corrected chi connectivity index (χ4v) is 1.49. The number of nitrogens with one attached hydrogen (secondary N) is 1. The van der Waals surface area contributed by atoms with Crippen LogP contribution >= 0.6 is 0 Å². The van der Waals surface area contributed by atoms with E-state index in [0.29, 0.717) is 11.3 Å². The molecule has 0 heterocycles. The Morgan fingerprint density at radius 2 is 1.88 bits per heavy atom. The van der Waals surface area contributed by atoms with Crippen molar-refractivity contribution in [3.63, 3.8) is 0 Å². The van der Waals surface area contributed by atoms with E-state index >= 15 is 0 Å². The van der Waals surface area contributed by atoms with Gasteiger partial charge in [-0.1, -0.05) is 27.7 Å². The highest BCUT2D eigenvalue weighted by atomic mass is 14.9. The maximum Gasteiger partial charge on any atom is 0.0363 e. The quantitative estimate of drug-likeness (QED) is 0.763. The van der Waals surface area contributed by atoms with Crippen molar-refractivity contribution in [2.45, 2.75) is 34.6 Å². The Morgan fingerprint density at radius 1 is 1.25 bits per heavy atom. The molecule has 0 fully saturated rings.